The SMILES string of the molecule is ClCc1nnc(Cc2ccccc2)n1-c1ccccc1. The van der Waals surface area contributed by atoms with Crippen LogP contribution in [0.1, 0.15) is 17.2 Å². The predicted molar refractivity (Wildman–Crippen MR) is 80.2 cm³/mol. The number of rotatable bonds is 4. The van der Waals surface area contributed by atoms with E-state index in [1.165, 1.54) is 5.56 Å². The Morgan fingerprint density at radius 2 is 1.40 bits per heavy atom. The van der Waals surface area contributed by atoms with Crippen LogP contribution in [-0.2, 0) is 12.3 Å². The summed E-state index contributed by atoms with van der Waals surface area (Å²) in [6.07, 6.45) is 0.736. The van der Waals surface area contributed by atoms with E-state index in [1.54, 1.807) is 0 Å². The summed E-state index contributed by atoms with van der Waals surface area (Å²) in [5.41, 5.74) is 2.25. The average Bonchev–Trinajstić information content (AvgIpc) is 2.92. The number of para-hydroxylation sites is 1. The number of aromatic nitrogens is 3. The second kappa shape index (κ2) is 5.88. The average molecular weight is 284 g/mol. The van der Waals surface area contributed by atoms with Gasteiger partial charge in [-0.1, -0.05) is 48.5 Å². The summed E-state index contributed by atoms with van der Waals surface area (Å²) in [7, 11) is 0. The molecule has 20 heavy (non-hydrogen) atoms. The molecule has 3 rings (SSSR count). The minimum absolute atomic E-state index is 0.344. The Bertz CT molecular complexity index is 677. The molecule has 0 fully saturated rings. The lowest BCUT2D eigenvalue weighted by Crippen LogP contribution is -2.05. The summed E-state index contributed by atoms with van der Waals surface area (Å²) in [5.74, 6) is 2.01. The van der Waals surface area contributed by atoms with E-state index in [0.29, 0.717) is 5.88 Å². The molecule has 0 unspecified atom stereocenters. The largest absolute Gasteiger partial charge is 0.282 e. The van der Waals surface area contributed by atoms with Crippen LogP contribution < -0.4 is 0 Å². The number of benzene rings is 2. The van der Waals surface area contributed by atoms with Crippen LogP contribution in [0.5, 0.6) is 0 Å². The molecular weight excluding hydrogens is 270 g/mol. The maximum Gasteiger partial charge on any atom is 0.152 e. The summed E-state index contributed by atoms with van der Waals surface area (Å²) in [5, 5.41) is 8.48. The molecule has 2 aromatic carbocycles. The molecule has 1 heterocycles. The Kier molecular flexibility index (Phi) is 3.79. The van der Waals surface area contributed by atoms with Crippen molar-refractivity contribution in [2.45, 2.75) is 12.3 Å². The molecule has 1 aromatic heterocycles. The molecule has 4 heteroatoms. The lowest BCUT2D eigenvalue weighted by molar-refractivity contribution is 0.886. The topological polar surface area (TPSA) is 30.7 Å². The number of alkyl halides is 1. The van der Waals surface area contributed by atoms with E-state index in [4.69, 9.17) is 11.6 Å². The first-order chi connectivity index (χ1) is 9.88. The van der Waals surface area contributed by atoms with E-state index in [0.717, 1.165) is 23.8 Å². The highest BCUT2D eigenvalue weighted by Crippen LogP contribution is 2.17. The van der Waals surface area contributed by atoms with Gasteiger partial charge in [-0.05, 0) is 17.7 Å². The van der Waals surface area contributed by atoms with Gasteiger partial charge in [0.15, 0.2) is 5.82 Å². The quantitative estimate of drug-likeness (QED) is 0.685. The van der Waals surface area contributed by atoms with Crippen molar-refractivity contribution in [3.05, 3.63) is 77.9 Å². The zero-order valence-corrected chi connectivity index (χ0v) is 11.7. The summed E-state index contributed by atoms with van der Waals surface area (Å²) in [6.45, 7) is 0. The van der Waals surface area contributed by atoms with Gasteiger partial charge >= 0.3 is 0 Å². The van der Waals surface area contributed by atoms with Crippen LogP contribution in [0.25, 0.3) is 5.69 Å². The van der Waals surface area contributed by atoms with Crippen molar-refractivity contribution < 1.29 is 0 Å². The summed E-state index contributed by atoms with van der Waals surface area (Å²) in [4.78, 5) is 0. The third-order valence-electron chi connectivity index (χ3n) is 3.14. The first-order valence-electron chi connectivity index (χ1n) is 6.47. The standard InChI is InChI=1S/C16H14ClN3/c17-12-16-19-18-15(11-13-7-3-1-4-8-13)20(16)14-9-5-2-6-10-14/h1-10H,11-12H2. The second-order valence-electron chi connectivity index (χ2n) is 4.50. The number of hydrogen-bond acceptors (Lipinski definition) is 2. The van der Waals surface area contributed by atoms with E-state index >= 15 is 0 Å². The van der Waals surface area contributed by atoms with Crippen molar-refractivity contribution >= 4 is 11.6 Å². The van der Waals surface area contributed by atoms with E-state index in [1.807, 2.05) is 53.1 Å². The van der Waals surface area contributed by atoms with E-state index in [-0.39, 0.29) is 0 Å². The highest BCUT2D eigenvalue weighted by atomic mass is 35.5. The molecule has 0 N–H and O–H groups in total. The minimum Gasteiger partial charge on any atom is -0.282 e. The highest BCUT2D eigenvalue weighted by Gasteiger charge is 2.13. The Hall–Kier alpha value is -2.13. The van der Waals surface area contributed by atoms with Crippen molar-refractivity contribution in [2.24, 2.45) is 0 Å². The normalized spacial score (nSPS) is 10.7. The zero-order chi connectivity index (χ0) is 13.8. The Balaban J connectivity index is 2.02. The van der Waals surface area contributed by atoms with Gasteiger partial charge in [0.2, 0.25) is 0 Å². The molecule has 0 bridgehead atoms. The first kappa shape index (κ1) is 12.9. The number of nitrogens with zero attached hydrogens (tertiary/aromatic N) is 3. The molecule has 3 aromatic rings. The molecule has 0 saturated heterocycles. The van der Waals surface area contributed by atoms with E-state index in [9.17, 15) is 0 Å². The van der Waals surface area contributed by atoms with Gasteiger partial charge in [-0.2, -0.15) is 0 Å². The van der Waals surface area contributed by atoms with E-state index in [2.05, 4.69) is 22.3 Å². The maximum atomic E-state index is 5.97. The Labute approximate surface area is 122 Å². The maximum absolute atomic E-state index is 5.97. The molecule has 0 saturated carbocycles. The molecule has 100 valence electrons. The summed E-state index contributed by atoms with van der Waals surface area (Å²) < 4.78 is 2.03. The van der Waals surface area contributed by atoms with Crippen molar-refractivity contribution in [1.29, 1.82) is 0 Å². The van der Waals surface area contributed by atoms with Crippen molar-refractivity contribution in [2.75, 3.05) is 0 Å². The van der Waals surface area contributed by atoms with Crippen LogP contribution in [0.3, 0.4) is 0 Å². The van der Waals surface area contributed by atoms with Gasteiger partial charge in [0, 0.05) is 12.1 Å². The van der Waals surface area contributed by atoms with Gasteiger partial charge in [-0.3, -0.25) is 4.57 Å². The van der Waals surface area contributed by atoms with Gasteiger partial charge in [0.05, 0.1) is 5.88 Å². The molecule has 0 aliphatic rings. The van der Waals surface area contributed by atoms with E-state index < -0.39 is 0 Å². The fraction of sp³-hybridized carbons (Fsp3) is 0.125. The molecule has 0 atom stereocenters. The summed E-state index contributed by atoms with van der Waals surface area (Å²) >= 11 is 5.97. The lowest BCUT2D eigenvalue weighted by atomic mass is 10.1. The van der Waals surface area contributed by atoms with Crippen LogP contribution in [-0.4, -0.2) is 14.8 Å². The van der Waals surface area contributed by atoms with Crippen LogP contribution in [0.2, 0.25) is 0 Å². The molecule has 0 spiro atoms. The van der Waals surface area contributed by atoms with Crippen molar-refractivity contribution in [3.8, 4) is 5.69 Å². The smallest absolute Gasteiger partial charge is 0.152 e. The minimum atomic E-state index is 0.344. The van der Waals surface area contributed by atoms with Gasteiger partial charge in [-0.25, -0.2) is 0 Å². The fourth-order valence-electron chi connectivity index (χ4n) is 2.21. The molecule has 0 aliphatic heterocycles. The fourth-order valence-corrected chi connectivity index (χ4v) is 2.38. The third kappa shape index (κ3) is 2.58. The molecular formula is C16H14ClN3. The number of halogens is 1. The van der Waals surface area contributed by atoms with Crippen LogP contribution >= 0.6 is 11.6 Å². The first-order valence-corrected chi connectivity index (χ1v) is 7.00. The predicted octanol–water partition coefficient (Wildman–Crippen LogP) is 3.60. The van der Waals surface area contributed by atoms with Gasteiger partial charge in [0.25, 0.3) is 0 Å². The third-order valence-corrected chi connectivity index (χ3v) is 3.38. The van der Waals surface area contributed by atoms with Crippen LogP contribution in [0.4, 0.5) is 0 Å². The van der Waals surface area contributed by atoms with Crippen LogP contribution in [0.15, 0.2) is 60.7 Å². The van der Waals surface area contributed by atoms with Gasteiger partial charge < -0.3 is 0 Å². The second-order valence-corrected chi connectivity index (χ2v) is 4.77. The number of hydrogen-bond donors (Lipinski definition) is 0. The zero-order valence-electron chi connectivity index (χ0n) is 10.9. The Morgan fingerprint density at radius 1 is 0.800 bits per heavy atom. The molecule has 0 amide bonds. The van der Waals surface area contributed by atoms with Crippen LogP contribution in [0, 0.1) is 0 Å². The highest BCUT2D eigenvalue weighted by molar-refractivity contribution is 6.16. The van der Waals surface area contributed by atoms with Crippen molar-refractivity contribution in [3.63, 3.8) is 0 Å². The van der Waals surface area contributed by atoms with Gasteiger partial charge in [-0.15, -0.1) is 21.8 Å². The van der Waals surface area contributed by atoms with Crippen molar-refractivity contribution in [1.82, 2.24) is 14.8 Å². The monoisotopic (exact) mass is 283 g/mol. The summed E-state index contributed by atoms with van der Waals surface area (Å²) in [6, 6.07) is 20.3. The van der Waals surface area contributed by atoms with Gasteiger partial charge in [0.1, 0.15) is 5.82 Å². The Morgan fingerprint density at radius 3 is 2.05 bits per heavy atom. The molecule has 0 aliphatic carbocycles. The molecule has 3 nitrogen and oxygen atoms in total. The lowest BCUT2D eigenvalue weighted by Gasteiger charge is -2.09. The molecule has 0 radical (unpaired) electrons.